The Balaban J connectivity index is 2.21. The molecule has 0 atom stereocenters. The lowest BCUT2D eigenvalue weighted by Gasteiger charge is -2.02. The third-order valence-electron chi connectivity index (χ3n) is 2.85. The highest BCUT2D eigenvalue weighted by Gasteiger charge is 2.10. The first-order chi connectivity index (χ1) is 9.54. The second-order valence-corrected chi connectivity index (χ2v) is 4.31. The lowest BCUT2D eigenvalue weighted by Crippen LogP contribution is -2.14. The van der Waals surface area contributed by atoms with Gasteiger partial charge in [-0.3, -0.25) is 9.89 Å². The van der Waals surface area contributed by atoms with Gasteiger partial charge in [-0.1, -0.05) is 12.1 Å². The highest BCUT2D eigenvalue weighted by Crippen LogP contribution is 2.17. The van der Waals surface area contributed by atoms with E-state index in [0.29, 0.717) is 17.1 Å². The van der Waals surface area contributed by atoms with E-state index in [4.69, 9.17) is 5.11 Å². The predicted octanol–water partition coefficient (Wildman–Crippen LogP) is 1.09. The Labute approximate surface area is 112 Å². The molecule has 0 radical (unpaired) electrons. The first-order valence-corrected chi connectivity index (χ1v) is 5.85. The summed E-state index contributed by atoms with van der Waals surface area (Å²) in [5.41, 5.74) is 0.795. The molecule has 0 saturated carbocycles. The van der Waals surface area contributed by atoms with Crippen molar-refractivity contribution < 1.29 is 9.90 Å². The fraction of sp³-hybridized carbons (Fsp3) is 0.0769. The summed E-state index contributed by atoms with van der Waals surface area (Å²) in [5.74, 6) is -0.197. The van der Waals surface area contributed by atoms with Crippen molar-refractivity contribution in [3.63, 3.8) is 0 Å². The Hall–Kier alpha value is -2.96. The van der Waals surface area contributed by atoms with Crippen molar-refractivity contribution in [2.24, 2.45) is 0 Å². The quantitative estimate of drug-likeness (QED) is 0.726. The van der Waals surface area contributed by atoms with Crippen LogP contribution in [0.3, 0.4) is 0 Å². The molecular formula is C13H10N4O3. The van der Waals surface area contributed by atoms with Crippen LogP contribution in [0.4, 0.5) is 0 Å². The van der Waals surface area contributed by atoms with Crippen molar-refractivity contribution >= 4 is 11.7 Å². The van der Waals surface area contributed by atoms with Gasteiger partial charge in [0.25, 0.3) is 11.3 Å². The molecule has 0 spiro atoms. The molecule has 0 bridgehead atoms. The van der Waals surface area contributed by atoms with Gasteiger partial charge in [-0.15, -0.1) is 0 Å². The highest BCUT2D eigenvalue weighted by molar-refractivity contribution is 5.89. The first-order valence-electron chi connectivity index (χ1n) is 5.85. The summed E-state index contributed by atoms with van der Waals surface area (Å²) in [6.45, 7) is 1.72. The van der Waals surface area contributed by atoms with E-state index in [1.807, 2.05) is 0 Å². The van der Waals surface area contributed by atoms with Gasteiger partial charge in [-0.25, -0.2) is 9.78 Å². The van der Waals surface area contributed by atoms with Crippen molar-refractivity contribution in [2.45, 2.75) is 6.92 Å². The minimum atomic E-state index is -1.03. The van der Waals surface area contributed by atoms with Gasteiger partial charge in [-0.2, -0.15) is 9.50 Å². The molecule has 3 rings (SSSR count). The van der Waals surface area contributed by atoms with Gasteiger partial charge in [0, 0.05) is 11.6 Å². The van der Waals surface area contributed by atoms with Crippen molar-refractivity contribution in [2.75, 3.05) is 0 Å². The second-order valence-electron chi connectivity index (χ2n) is 4.31. The van der Waals surface area contributed by atoms with Crippen molar-refractivity contribution in [3.8, 4) is 11.3 Å². The molecule has 0 amide bonds. The van der Waals surface area contributed by atoms with Crippen LogP contribution in [0, 0.1) is 6.92 Å². The largest absolute Gasteiger partial charge is 0.478 e. The van der Waals surface area contributed by atoms with Crippen LogP contribution in [0.1, 0.15) is 16.2 Å². The zero-order valence-electron chi connectivity index (χ0n) is 10.5. The van der Waals surface area contributed by atoms with Crippen molar-refractivity contribution in [3.05, 3.63) is 52.1 Å². The Morgan fingerprint density at radius 1 is 1.30 bits per heavy atom. The maximum atomic E-state index is 11.9. The number of nitrogens with one attached hydrogen (secondary N) is 1. The van der Waals surface area contributed by atoms with E-state index in [-0.39, 0.29) is 16.9 Å². The fourth-order valence-electron chi connectivity index (χ4n) is 1.95. The molecule has 20 heavy (non-hydrogen) atoms. The lowest BCUT2D eigenvalue weighted by atomic mass is 10.1. The number of nitrogens with zero attached hydrogens (tertiary/aromatic N) is 3. The van der Waals surface area contributed by atoms with E-state index in [1.54, 1.807) is 19.1 Å². The standard InChI is InChI=1S/C13H10N4O3/c1-7-14-13-15-10(6-11(18)17(13)16-7)8-3-2-4-9(5-8)12(19)20/h2-6H,1H3,(H,19,20)(H,14,15,16). The molecule has 0 aliphatic carbocycles. The summed E-state index contributed by atoms with van der Waals surface area (Å²) in [7, 11) is 0. The molecule has 7 nitrogen and oxygen atoms in total. The molecule has 1 aromatic carbocycles. The minimum absolute atomic E-state index is 0.141. The third kappa shape index (κ3) is 1.95. The van der Waals surface area contributed by atoms with Gasteiger partial charge in [0.15, 0.2) is 0 Å². The van der Waals surface area contributed by atoms with Gasteiger partial charge >= 0.3 is 5.97 Å². The van der Waals surface area contributed by atoms with Crippen LogP contribution in [0.2, 0.25) is 0 Å². The van der Waals surface area contributed by atoms with Gasteiger partial charge < -0.3 is 5.11 Å². The zero-order valence-corrected chi connectivity index (χ0v) is 10.5. The number of fused-ring (bicyclic) bond motifs is 1. The number of benzene rings is 1. The van der Waals surface area contributed by atoms with E-state index in [9.17, 15) is 9.59 Å². The number of H-pyrrole nitrogens is 1. The number of rotatable bonds is 2. The average Bonchev–Trinajstić information content (AvgIpc) is 2.80. The molecule has 0 fully saturated rings. The molecule has 0 aliphatic heterocycles. The minimum Gasteiger partial charge on any atom is -0.478 e. The lowest BCUT2D eigenvalue weighted by molar-refractivity contribution is 0.0697. The number of aromatic nitrogens is 4. The second kappa shape index (κ2) is 4.30. The van der Waals surface area contributed by atoms with E-state index in [1.165, 1.54) is 22.7 Å². The summed E-state index contributed by atoms with van der Waals surface area (Å²) >= 11 is 0. The number of carboxylic acids is 1. The summed E-state index contributed by atoms with van der Waals surface area (Å²) in [6, 6.07) is 7.60. The number of hydrogen-bond donors (Lipinski definition) is 2. The molecule has 2 N–H and O–H groups in total. The van der Waals surface area contributed by atoms with E-state index < -0.39 is 5.97 Å². The van der Waals surface area contributed by atoms with E-state index >= 15 is 0 Å². The maximum absolute atomic E-state index is 11.9. The van der Waals surface area contributed by atoms with Crippen LogP contribution in [0.25, 0.3) is 17.0 Å². The Morgan fingerprint density at radius 3 is 2.85 bits per heavy atom. The van der Waals surface area contributed by atoms with Gasteiger partial charge in [-0.05, 0) is 19.1 Å². The first kappa shape index (κ1) is 12.1. The molecule has 0 unspecified atom stereocenters. The Morgan fingerprint density at radius 2 is 2.10 bits per heavy atom. The number of hydrogen-bond acceptors (Lipinski definition) is 4. The summed E-state index contributed by atoms with van der Waals surface area (Å²) < 4.78 is 1.24. The maximum Gasteiger partial charge on any atom is 0.335 e. The topological polar surface area (TPSA) is 100 Å². The third-order valence-corrected chi connectivity index (χ3v) is 2.85. The number of aromatic amines is 1. The number of aromatic carboxylic acids is 1. The number of carboxylic acid groups (broad SMARTS) is 1. The van der Waals surface area contributed by atoms with Gasteiger partial charge in [0.05, 0.1) is 11.3 Å². The number of carbonyl (C=O) groups is 1. The van der Waals surface area contributed by atoms with Crippen LogP contribution in [0.15, 0.2) is 35.1 Å². The fourth-order valence-corrected chi connectivity index (χ4v) is 1.95. The average molecular weight is 270 g/mol. The number of aryl methyl sites for hydroxylation is 1. The summed E-state index contributed by atoms with van der Waals surface area (Å²) in [5, 5.41) is 11.8. The molecule has 2 aromatic heterocycles. The molecule has 2 heterocycles. The molecule has 100 valence electrons. The normalized spacial score (nSPS) is 10.8. The predicted molar refractivity (Wildman–Crippen MR) is 70.7 cm³/mol. The van der Waals surface area contributed by atoms with E-state index in [0.717, 1.165) is 0 Å². The van der Waals surface area contributed by atoms with Crippen LogP contribution in [0.5, 0.6) is 0 Å². The zero-order chi connectivity index (χ0) is 14.3. The molecule has 3 aromatic rings. The van der Waals surface area contributed by atoms with Crippen LogP contribution >= 0.6 is 0 Å². The Kier molecular flexibility index (Phi) is 2.60. The van der Waals surface area contributed by atoms with Crippen molar-refractivity contribution in [1.82, 2.24) is 19.6 Å². The molecule has 0 aliphatic rings. The highest BCUT2D eigenvalue weighted by atomic mass is 16.4. The van der Waals surface area contributed by atoms with Crippen LogP contribution in [-0.2, 0) is 0 Å². The summed E-state index contributed by atoms with van der Waals surface area (Å²) in [6.07, 6.45) is 0. The molecular weight excluding hydrogens is 260 g/mol. The summed E-state index contributed by atoms with van der Waals surface area (Å²) in [4.78, 5) is 31.3. The SMILES string of the molecule is Cc1nc2nc(-c3cccc(C(=O)O)c3)cc(=O)n2[nH]1. The van der Waals surface area contributed by atoms with Gasteiger partial charge in [0.1, 0.15) is 5.82 Å². The smallest absolute Gasteiger partial charge is 0.335 e. The molecule has 0 saturated heterocycles. The van der Waals surface area contributed by atoms with E-state index in [2.05, 4.69) is 15.1 Å². The molecule has 7 heteroatoms. The monoisotopic (exact) mass is 270 g/mol. The van der Waals surface area contributed by atoms with Crippen LogP contribution < -0.4 is 5.56 Å². The van der Waals surface area contributed by atoms with Crippen molar-refractivity contribution in [1.29, 1.82) is 0 Å². The Bertz CT molecular complexity index is 879. The van der Waals surface area contributed by atoms with Gasteiger partial charge in [0.2, 0.25) is 0 Å². The van der Waals surface area contributed by atoms with Crippen LogP contribution in [-0.4, -0.2) is 30.7 Å².